The van der Waals surface area contributed by atoms with Gasteiger partial charge >= 0.3 is 11.9 Å². The fraction of sp³-hybridized carbons (Fsp3) is 0.727. The van der Waals surface area contributed by atoms with Crippen LogP contribution < -0.4 is 5.73 Å². The predicted octanol–water partition coefficient (Wildman–Crippen LogP) is -0.800. The molecule has 0 spiro atoms. The van der Waals surface area contributed by atoms with Crippen LogP contribution in [0.15, 0.2) is 0 Å². The normalized spacial score (nSPS) is 20.6. The van der Waals surface area contributed by atoms with Crippen LogP contribution in [0.3, 0.4) is 0 Å². The van der Waals surface area contributed by atoms with E-state index in [4.69, 9.17) is 10.8 Å². The Balaban J connectivity index is 2.49. The topological polar surface area (TPSA) is 110 Å². The van der Waals surface area contributed by atoms with E-state index in [9.17, 15) is 14.4 Å². The molecule has 7 nitrogen and oxygen atoms in total. The first-order chi connectivity index (χ1) is 8.45. The average molecular weight is 258 g/mol. The molecule has 0 aliphatic carbocycles. The molecular formula is C11H18N2O5. The summed E-state index contributed by atoms with van der Waals surface area (Å²) in [6, 6.07) is -1.31. The number of carbonyl (C=O) groups is 3. The van der Waals surface area contributed by atoms with Crippen LogP contribution in [-0.2, 0) is 19.1 Å². The number of hydrogen-bond donors (Lipinski definition) is 2. The first-order valence-electron chi connectivity index (χ1n) is 5.88. The minimum absolute atomic E-state index is 0.0262. The second-order valence-electron chi connectivity index (χ2n) is 4.27. The zero-order valence-corrected chi connectivity index (χ0v) is 10.3. The summed E-state index contributed by atoms with van der Waals surface area (Å²) >= 11 is 0. The number of aliphatic carboxylic acids is 1. The molecule has 0 bridgehead atoms. The van der Waals surface area contributed by atoms with Crippen molar-refractivity contribution in [2.24, 2.45) is 11.7 Å². The molecule has 1 amide bonds. The van der Waals surface area contributed by atoms with Crippen molar-refractivity contribution in [3.8, 4) is 0 Å². The molecular weight excluding hydrogens is 240 g/mol. The molecule has 0 aromatic carbocycles. The first kappa shape index (κ1) is 14.4. The monoisotopic (exact) mass is 258 g/mol. The van der Waals surface area contributed by atoms with Gasteiger partial charge in [-0.25, -0.2) is 4.79 Å². The van der Waals surface area contributed by atoms with Gasteiger partial charge in [-0.3, -0.25) is 9.59 Å². The van der Waals surface area contributed by atoms with Crippen LogP contribution in [0, 0.1) is 5.92 Å². The summed E-state index contributed by atoms with van der Waals surface area (Å²) in [7, 11) is 0. The summed E-state index contributed by atoms with van der Waals surface area (Å²) in [4.78, 5) is 35.1. The molecule has 18 heavy (non-hydrogen) atoms. The van der Waals surface area contributed by atoms with Gasteiger partial charge in [0.2, 0.25) is 0 Å². The van der Waals surface area contributed by atoms with E-state index in [1.54, 1.807) is 6.92 Å². The number of carboxylic acids is 1. The highest BCUT2D eigenvalue weighted by Gasteiger charge is 2.33. The van der Waals surface area contributed by atoms with Crippen molar-refractivity contribution in [3.05, 3.63) is 0 Å². The highest BCUT2D eigenvalue weighted by Crippen LogP contribution is 2.20. The van der Waals surface area contributed by atoms with E-state index >= 15 is 0 Å². The van der Waals surface area contributed by atoms with Crippen molar-refractivity contribution < 1.29 is 24.2 Å². The Labute approximate surface area is 105 Å². The molecule has 7 heteroatoms. The molecule has 0 aromatic heterocycles. The van der Waals surface area contributed by atoms with Crippen LogP contribution >= 0.6 is 0 Å². The van der Waals surface area contributed by atoms with E-state index < -0.39 is 23.9 Å². The Morgan fingerprint density at radius 2 is 2.17 bits per heavy atom. The molecule has 1 aliphatic heterocycles. The van der Waals surface area contributed by atoms with Crippen LogP contribution in [0.2, 0.25) is 0 Å². The van der Waals surface area contributed by atoms with Crippen molar-refractivity contribution in [2.45, 2.75) is 25.8 Å². The fourth-order valence-corrected chi connectivity index (χ4v) is 1.98. The molecule has 2 atom stereocenters. The maximum atomic E-state index is 11.8. The molecule has 1 rings (SSSR count). The molecule has 0 saturated carbocycles. The minimum atomic E-state index is -1.31. The number of esters is 1. The fourth-order valence-electron chi connectivity index (χ4n) is 1.98. The highest BCUT2D eigenvalue weighted by molar-refractivity contribution is 6.01. The van der Waals surface area contributed by atoms with Crippen LogP contribution in [0.4, 0.5) is 0 Å². The van der Waals surface area contributed by atoms with Gasteiger partial charge in [-0.2, -0.15) is 0 Å². The Morgan fingerprint density at radius 3 is 2.72 bits per heavy atom. The van der Waals surface area contributed by atoms with Crippen molar-refractivity contribution in [1.29, 1.82) is 0 Å². The van der Waals surface area contributed by atoms with E-state index in [2.05, 4.69) is 4.74 Å². The van der Waals surface area contributed by atoms with Crippen LogP contribution in [-0.4, -0.2) is 53.6 Å². The average Bonchev–Trinajstić information content (AvgIpc) is 2.75. The first-order valence-corrected chi connectivity index (χ1v) is 5.88. The quantitative estimate of drug-likeness (QED) is 0.493. The van der Waals surface area contributed by atoms with Crippen LogP contribution in [0.1, 0.15) is 19.8 Å². The van der Waals surface area contributed by atoms with E-state index in [0.29, 0.717) is 19.5 Å². The van der Waals surface area contributed by atoms with Gasteiger partial charge in [0.15, 0.2) is 6.04 Å². The Morgan fingerprint density at radius 1 is 1.50 bits per heavy atom. The van der Waals surface area contributed by atoms with Gasteiger partial charge in [-0.1, -0.05) is 0 Å². The molecule has 1 heterocycles. The van der Waals surface area contributed by atoms with Gasteiger partial charge in [-0.05, 0) is 19.3 Å². The second-order valence-corrected chi connectivity index (χ2v) is 4.27. The lowest BCUT2D eigenvalue weighted by Crippen LogP contribution is -2.48. The van der Waals surface area contributed by atoms with Gasteiger partial charge < -0.3 is 20.5 Å². The van der Waals surface area contributed by atoms with E-state index in [0.717, 1.165) is 0 Å². The molecule has 1 saturated heterocycles. The lowest BCUT2D eigenvalue weighted by molar-refractivity contribution is -0.150. The third-order valence-electron chi connectivity index (χ3n) is 2.87. The molecule has 0 aromatic rings. The number of nitrogens with two attached hydrogens (primary N) is 1. The predicted molar refractivity (Wildman–Crippen MR) is 61.5 cm³/mol. The lowest BCUT2D eigenvalue weighted by Gasteiger charge is -2.19. The number of nitrogens with zero attached hydrogens (tertiary/aromatic N) is 1. The van der Waals surface area contributed by atoms with Gasteiger partial charge in [0.25, 0.3) is 5.91 Å². The summed E-state index contributed by atoms with van der Waals surface area (Å²) in [6.07, 6.45) is 0.645. The number of rotatable bonds is 5. The zero-order valence-electron chi connectivity index (χ0n) is 10.3. The SMILES string of the molecule is CCOC(=O)C(N)C(=O)N1CCC(CC(=O)O)C1. The standard InChI is InChI=1S/C11H18N2O5/c1-2-18-11(17)9(12)10(16)13-4-3-7(6-13)5-8(14)15/h7,9H,2-6,12H2,1H3,(H,14,15). The van der Waals surface area contributed by atoms with Crippen LogP contribution in [0.25, 0.3) is 0 Å². The van der Waals surface area contributed by atoms with Crippen molar-refractivity contribution in [2.75, 3.05) is 19.7 Å². The van der Waals surface area contributed by atoms with Gasteiger partial charge in [0.05, 0.1) is 6.61 Å². The molecule has 1 fully saturated rings. The summed E-state index contributed by atoms with van der Waals surface area (Å²) < 4.78 is 4.67. The lowest BCUT2D eigenvalue weighted by atomic mass is 10.1. The number of carbonyl (C=O) groups excluding carboxylic acids is 2. The summed E-state index contributed by atoms with van der Waals surface area (Å²) in [5.41, 5.74) is 5.49. The smallest absolute Gasteiger partial charge is 0.332 e. The number of amides is 1. The summed E-state index contributed by atoms with van der Waals surface area (Å²) in [5, 5.41) is 8.66. The largest absolute Gasteiger partial charge is 0.481 e. The minimum Gasteiger partial charge on any atom is -0.481 e. The second kappa shape index (κ2) is 6.34. The maximum absolute atomic E-state index is 11.8. The van der Waals surface area contributed by atoms with E-state index in [1.807, 2.05) is 0 Å². The highest BCUT2D eigenvalue weighted by atomic mass is 16.5. The number of likely N-dealkylation sites (tertiary alicyclic amines) is 1. The van der Waals surface area contributed by atoms with Crippen LogP contribution in [0.5, 0.6) is 0 Å². The molecule has 1 aliphatic rings. The molecule has 0 radical (unpaired) electrons. The van der Waals surface area contributed by atoms with Crippen molar-refractivity contribution in [1.82, 2.24) is 4.90 Å². The molecule has 102 valence electrons. The molecule has 2 unspecified atom stereocenters. The number of ether oxygens (including phenoxy) is 1. The summed E-state index contributed by atoms with van der Waals surface area (Å²) in [5.74, 6) is -2.20. The number of hydrogen-bond acceptors (Lipinski definition) is 5. The van der Waals surface area contributed by atoms with Crippen molar-refractivity contribution in [3.63, 3.8) is 0 Å². The zero-order chi connectivity index (χ0) is 13.7. The Hall–Kier alpha value is -1.63. The number of carboxylic acid groups (broad SMARTS) is 1. The van der Waals surface area contributed by atoms with Gasteiger partial charge in [-0.15, -0.1) is 0 Å². The Kier molecular flexibility index (Phi) is 5.08. The van der Waals surface area contributed by atoms with Crippen molar-refractivity contribution >= 4 is 17.8 Å². The summed E-state index contributed by atoms with van der Waals surface area (Å²) in [6.45, 7) is 2.57. The van der Waals surface area contributed by atoms with E-state index in [1.165, 1.54) is 4.90 Å². The Bertz CT molecular complexity index is 344. The maximum Gasteiger partial charge on any atom is 0.332 e. The molecule has 3 N–H and O–H groups in total. The third-order valence-corrected chi connectivity index (χ3v) is 2.87. The van der Waals surface area contributed by atoms with Gasteiger partial charge in [0, 0.05) is 19.5 Å². The third kappa shape index (κ3) is 3.69. The van der Waals surface area contributed by atoms with E-state index in [-0.39, 0.29) is 18.9 Å². The van der Waals surface area contributed by atoms with Gasteiger partial charge in [0.1, 0.15) is 0 Å².